The highest BCUT2D eigenvalue weighted by Gasteiger charge is 2.67. The number of imide groups is 1. The van der Waals surface area contributed by atoms with Gasteiger partial charge >= 0.3 is 0 Å². The molecule has 3 amide bonds. The molecule has 1 aliphatic heterocycles. The summed E-state index contributed by atoms with van der Waals surface area (Å²) < 4.78 is 0.737. The first-order valence-electron chi connectivity index (χ1n) is 11.7. The summed E-state index contributed by atoms with van der Waals surface area (Å²) in [5, 5.41) is 3.46. The van der Waals surface area contributed by atoms with Gasteiger partial charge in [-0.05, 0) is 76.2 Å². The molecule has 1 N–H and O–H groups in total. The number of carbonyl (C=O) groups is 3. The number of likely N-dealkylation sites (tertiary alicyclic amines) is 1. The lowest BCUT2D eigenvalue weighted by Gasteiger charge is -2.37. The van der Waals surface area contributed by atoms with Crippen molar-refractivity contribution in [2.45, 2.75) is 25.8 Å². The number of allylic oxidation sites excluding steroid dienone is 2. The first-order valence-corrected chi connectivity index (χ1v) is 12.9. The third-order valence-corrected chi connectivity index (χ3v) is 9.56. The molecule has 4 aliphatic carbocycles. The third kappa shape index (κ3) is 3.29. The van der Waals surface area contributed by atoms with Crippen LogP contribution in [0.3, 0.4) is 0 Å². The lowest BCUT2D eigenvalue weighted by Crippen LogP contribution is -2.49. The highest BCUT2D eigenvalue weighted by molar-refractivity contribution is 9.10. The number of hydrogen-bond donors (Lipinski definition) is 1. The van der Waals surface area contributed by atoms with Gasteiger partial charge in [0, 0.05) is 16.6 Å². The molecule has 7 heteroatoms. The van der Waals surface area contributed by atoms with Crippen molar-refractivity contribution in [2.24, 2.45) is 35.5 Å². The van der Waals surface area contributed by atoms with Gasteiger partial charge in [0.25, 0.3) is 0 Å². The Hall–Kier alpha value is -2.44. The summed E-state index contributed by atoms with van der Waals surface area (Å²) in [4.78, 5) is 42.4. The number of halogens is 2. The van der Waals surface area contributed by atoms with Gasteiger partial charge in [-0.2, -0.15) is 0 Å². The van der Waals surface area contributed by atoms with Crippen LogP contribution in [0.2, 0.25) is 5.02 Å². The third-order valence-electron chi connectivity index (χ3n) is 8.18. The second-order valence-corrected chi connectivity index (χ2v) is 11.2. The second-order valence-electron chi connectivity index (χ2n) is 9.93. The summed E-state index contributed by atoms with van der Waals surface area (Å²) in [7, 11) is 0. The maximum atomic E-state index is 13.7. The minimum absolute atomic E-state index is 0.120. The van der Waals surface area contributed by atoms with Crippen LogP contribution in [0.25, 0.3) is 0 Å². The predicted molar refractivity (Wildman–Crippen MR) is 133 cm³/mol. The molecule has 3 fully saturated rings. The zero-order chi connectivity index (χ0) is 23.7. The van der Waals surface area contributed by atoms with Gasteiger partial charge in [-0.25, -0.2) is 0 Å². The Morgan fingerprint density at radius 1 is 1.06 bits per heavy atom. The number of nitrogens with zero attached hydrogens (tertiary/aromatic N) is 1. The van der Waals surface area contributed by atoms with Crippen molar-refractivity contribution >= 4 is 50.9 Å². The van der Waals surface area contributed by atoms with Gasteiger partial charge in [-0.15, -0.1) is 0 Å². The van der Waals surface area contributed by atoms with E-state index in [1.54, 1.807) is 12.1 Å². The topological polar surface area (TPSA) is 66.5 Å². The molecule has 2 bridgehead atoms. The molecule has 0 spiro atoms. The normalized spacial score (nSPS) is 31.3. The van der Waals surface area contributed by atoms with E-state index < -0.39 is 6.04 Å². The van der Waals surface area contributed by atoms with Crippen LogP contribution in [-0.4, -0.2) is 28.7 Å². The molecule has 0 unspecified atom stereocenters. The van der Waals surface area contributed by atoms with Crippen molar-refractivity contribution in [1.29, 1.82) is 0 Å². The molecular weight excluding hydrogens is 516 g/mol. The van der Waals surface area contributed by atoms with Crippen molar-refractivity contribution in [3.05, 3.63) is 75.2 Å². The van der Waals surface area contributed by atoms with E-state index in [1.807, 2.05) is 37.3 Å². The Labute approximate surface area is 211 Å². The summed E-state index contributed by atoms with van der Waals surface area (Å²) in [6.07, 6.45) is 5.66. The molecule has 0 radical (unpaired) electrons. The average Bonchev–Trinajstić information content (AvgIpc) is 3.62. The largest absolute Gasteiger partial charge is 0.324 e. The standard InChI is InChI=1S/C27H24BrClN2O3/c1-13-20(10-9-19(28)24(13)29)30-25(32)21(11-14-5-3-2-4-6-14)31-26(33)22-15-7-8-16(18-12-17(15)18)23(22)27(31)34/h2-10,15-18,21-23H,11-12H2,1H3,(H,30,32)/t15-,16-,17-,18+,21-,22+,23+/m1/s1. The van der Waals surface area contributed by atoms with E-state index in [1.165, 1.54) is 4.90 Å². The highest BCUT2D eigenvalue weighted by Crippen LogP contribution is 2.65. The van der Waals surface area contributed by atoms with Gasteiger partial charge in [-0.3, -0.25) is 19.3 Å². The van der Waals surface area contributed by atoms with Crippen molar-refractivity contribution in [2.75, 3.05) is 5.32 Å². The van der Waals surface area contributed by atoms with E-state index in [2.05, 4.69) is 33.4 Å². The molecule has 174 valence electrons. The van der Waals surface area contributed by atoms with Gasteiger partial charge in [-0.1, -0.05) is 54.1 Å². The van der Waals surface area contributed by atoms with Crippen LogP contribution in [0.4, 0.5) is 5.69 Å². The van der Waals surface area contributed by atoms with Crippen molar-refractivity contribution in [3.8, 4) is 0 Å². The van der Waals surface area contributed by atoms with E-state index in [-0.39, 0.29) is 47.8 Å². The number of anilines is 1. The van der Waals surface area contributed by atoms with Crippen LogP contribution in [0.5, 0.6) is 0 Å². The van der Waals surface area contributed by atoms with Crippen LogP contribution in [-0.2, 0) is 20.8 Å². The van der Waals surface area contributed by atoms with Crippen molar-refractivity contribution in [1.82, 2.24) is 4.90 Å². The monoisotopic (exact) mass is 538 g/mol. The fourth-order valence-corrected chi connectivity index (χ4v) is 7.02. The predicted octanol–water partition coefficient (Wildman–Crippen LogP) is 5.01. The lowest BCUT2D eigenvalue weighted by atomic mass is 9.63. The zero-order valence-electron chi connectivity index (χ0n) is 18.6. The van der Waals surface area contributed by atoms with Crippen molar-refractivity contribution < 1.29 is 14.4 Å². The summed E-state index contributed by atoms with van der Waals surface area (Å²) >= 11 is 9.77. The Kier molecular flexibility index (Phi) is 5.23. The van der Waals surface area contributed by atoms with Crippen LogP contribution in [0, 0.1) is 42.4 Å². The van der Waals surface area contributed by atoms with Crippen LogP contribution in [0.15, 0.2) is 59.1 Å². The molecule has 2 aromatic carbocycles. The number of nitrogens with one attached hydrogen (secondary N) is 1. The Morgan fingerprint density at radius 3 is 2.29 bits per heavy atom. The fourth-order valence-electron chi connectivity index (χ4n) is 6.43. The number of carbonyl (C=O) groups excluding carboxylic acids is 3. The van der Waals surface area contributed by atoms with E-state index in [9.17, 15) is 14.4 Å². The van der Waals surface area contributed by atoms with E-state index in [0.29, 0.717) is 22.5 Å². The minimum atomic E-state index is -0.925. The summed E-state index contributed by atoms with van der Waals surface area (Å²) in [5.41, 5.74) is 2.18. The highest BCUT2D eigenvalue weighted by atomic mass is 79.9. The molecule has 0 aromatic heterocycles. The van der Waals surface area contributed by atoms with Gasteiger partial charge in [0.05, 0.1) is 16.9 Å². The molecule has 7 rings (SSSR count). The molecule has 5 nitrogen and oxygen atoms in total. The molecule has 7 atom stereocenters. The molecule has 5 aliphatic rings. The Bertz CT molecular complexity index is 1210. The van der Waals surface area contributed by atoms with Crippen LogP contribution < -0.4 is 5.32 Å². The quantitative estimate of drug-likeness (QED) is 0.429. The van der Waals surface area contributed by atoms with Gasteiger partial charge in [0.15, 0.2) is 0 Å². The van der Waals surface area contributed by atoms with Crippen molar-refractivity contribution in [3.63, 3.8) is 0 Å². The summed E-state index contributed by atoms with van der Waals surface area (Å²) in [6, 6.07) is 12.2. The lowest BCUT2D eigenvalue weighted by molar-refractivity contribution is -0.146. The zero-order valence-corrected chi connectivity index (χ0v) is 20.9. The SMILES string of the molecule is Cc1c(NC(=O)[C@@H](Cc2ccccc2)N2C(=O)[C@H]3[C@@H]4C=C[C@H]([C@@H]5C[C@H]45)[C@@H]3C2=O)ccc(Br)c1Cl. The van der Waals surface area contributed by atoms with Gasteiger partial charge in [0.2, 0.25) is 17.7 Å². The summed E-state index contributed by atoms with van der Waals surface area (Å²) in [5.74, 6) is -0.158. The maximum absolute atomic E-state index is 13.7. The van der Waals surface area contributed by atoms with E-state index >= 15 is 0 Å². The molecule has 2 aromatic rings. The molecule has 2 saturated carbocycles. The molecular formula is C27H24BrClN2O3. The van der Waals surface area contributed by atoms with E-state index in [4.69, 9.17) is 11.6 Å². The average molecular weight is 540 g/mol. The molecule has 1 saturated heterocycles. The van der Waals surface area contributed by atoms with Crippen LogP contribution in [0.1, 0.15) is 17.5 Å². The van der Waals surface area contributed by atoms with Gasteiger partial charge in [0.1, 0.15) is 6.04 Å². The first kappa shape index (κ1) is 22.1. The number of rotatable bonds is 5. The first-order chi connectivity index (χ1) is 16.4. The fraction of sp³-hybridized carbons (Fsp3) is 0.370. The number of amides is 3. The second kappa shape index (κ2) is 8.06. The van der Waals surface area contributed by atoms with E-state index in [0.717, 1.165) is 22.0 Å². The number of hydrogen-bond acceptors (Lipinski definition) is 3. The Balaban J connectivity index is 1.34. The molecule has 34 heavy (non-hydrogen) atoms. The Morgan fingerprint density at radius 2 is 1.68 bits per heavy atom. The maximum Gasteiger partial charge on any atom is 0.248 e. The smallest absolute Gasteiger partial charge is 0.248 e. The summed E-state index contributed by atoms with van der Waals surface area (Å²) in [6.45, 7) is 1.82. The van der Waals surface area contributed by atoms with Gasteiger partial charge < -0.3 is 5.32 Å². The minimum Gasteiger partial charge on any atom is -0.324 e. The number of benzene rings is 2. The molecule has 1 heterocycles. The van der Waals surface area contributed by atoms with Crippen LogP contribution >= 0.6 is 27.5 Å².